The number of carbonyl (C=O) groups is 2. The topological polar surface area (TPSA) is 128 Å². The zero-order valence-electron chi connectivity index (χ0n) is 18.6. The Labute approximate surface area is 204 Å². The number of carbonyl (C=O) groups excluding carboxylic acids is 2. The molecule has 0 fully saturated rings. The summed E-state index contributed by atoms with van der Waals surface area (Å²) in [6, 6.07) is 20.4. The number of methoxy groups -OCH3 is 1. The number of nitrogens with zero attached hydrogens (tertiary/aromatic N) is 3. The van der Waals surface area contributed by atoms with Crippen molar-refractivity contribution < 1.29 is 19.2 Å². The van der Waals surface area contributed by atoms with Crippen molar-refractivity contribution in [2.24, 2.45) is 0 Å². The summed E-state index contributed by atoms with van der Waals surface area (Å²) in [6.45, 7) is 0.287. The number of thioether (sulfide) groups is 1. The molecule has 35 heavy (non-hydrogen) atoms. The number of hydrogen-bond acceptors (Lipinski definition) is 7. The van der Waals surface area contributed by atoms with E-state index in [-0.39, 0.29) is 18.0 Å². The molecule has 0 spiro atoms. The molecule has 0 aliphatic heterocycles. The number of nitro groups is 1. The lowest BCUT2D eigenvalue weighted by Gasteiger charge is -2.13. The van der Waals surface area contributed by atoms with Crippen LogP contribution in [0.1, 0.15) is 5.56 Å². The van der Waals surface area contributed by atoms with Crippen LogP contribution in [0, 0.1) is 10.1 Å². The van der Waals surface area contributed by atoms with Gasteiger partial charge in [-0.2, -0.15) is 0 Å². The number of benzene rings is 3. The Morgan fingerprint density at radius 2 is 1.83 bits per heavy atom. The summed E-state index contributed by atoms with van der Waals surface area (Å²) >= 11 is 1.10. The monoisotopic (exact) mass is 491 g/mol. The van der Waals surface area contributed by atoms with Gasteiger partial charge in [0.15, 0.2) is 5.16 Å². The normalized spacial score (nSPS) is 10.7. The number of ether oxygens (including phenoxy) is 1. The van der Waals surface area contributed by atoms with Gasteiger partial charge in [-0.1, -0.05) is 54.2 Å². The van der Waals surface area contributed by atoms with Crippen molar-refractivity contribution in [3.63, 3.8) is 0 Å². The molecule has 0 aliphatic carbocycles. The maximum atomic E-state index is 12.4. The highest BCUT2D eigenvalue weighted by molar-refractivity contribution is 7.99. The Kier molecular flexibility index (Phi) is 7.27. The smallest absolute Gasteiger partial charge is 0.321 e. The van der Waals surface area contributed by atoms with Crippen LogP contribution in [0.4, 0.5) is 10.5 Å². The lowest BCUT2D eigenvalue weighted by atomic mass is 10.2. The molecule has 0 atom stereocenters. The van der Waals surface area contributed by atoms with Gasteiger partial charge in [0.05, 0.1) is 34.5 Å². The molecular formula is C24H21N5O5S. The van der Waals surface area contributed by atoms with Gasteiger partial charge in [-0.05, 0) is 23.8 Å². The predicted molar refractivity (Wildman–Crippen MR) is 132 cm³/mol. The molecule has 178 valence electrons. The molecule has 0 aliphatic rings. The molecule has 4 rings (SSSR count). The van der Waals surface area contributed by atoms with Gasteiger partial charge >= 0.3 is 6.03 Å². The summed E-state index contributed by atoms with van der Waals surface area (Å²) < 4.78 is 7.25. The number of nitrogens with one attached hydrogen (secondary N) is 2. The van der Waals surface area contributed by atoms with Crippen LogP contribution >= 0.6 is 11.8 Å². The molecule has 0 saturated carbocycles. The predicted octanol–water partition coefficient (Wildman–Crippen LogP) is 4.06. The van der Waals surface area contributed by atoms with Gasteiger partial charge in [-0.3, -0.25) is 24.8 Å². The third-order valence-corrected chi connectivity index (χ3v) is 5.96. The highest BCUT2D eigenvalue weighted by atomic mass is 32.2. The molecule has 3 aromatic carbocycles. The van der Waals surface area contributed by atoms with E-state index >= 15 is 0 Å². The van der Waals surface area contributed by atoms with Crippen molar-refractivity contribution in [1.29, 1.82) is 0 Å². The van der Waals surface area contributed by atoms with Crippen molar-refractivity contribution >= 4 is 40.4 Å². The van der Waals surface area contributed by atoms with E-state index in [0.717, 1.165) is 17.3 Å². The number of nitro benzene ring substituents is 1. The van der Waals surface area contributed by atoms with E-state index in [9.17, 15) is 19.7 Å². The van der Waals surface area contributed by atoms with Gasteiger partial charge in [-0.15, -0.1) is 0 Å². The highest BCUT2D eigenvalue weighted by Gasteiger charge is 2.20. The zero-order valence-corrected chi connectivity index (χ0v) is 19.5. The molecule has 10 nitrogen and oxygen atoms in total. The maximum absolute atomic E-state index is 12.4. The molecule has 4 aromatic rings. The molecule has 2 N–H and O–H groups in total. The quantitative estimate of drug-likeness (QED) is 0.216. The molecule has 0 saturated heterocycles. The largest absolute Gasteiger partial charge is 0.495 e. The van der Waals surface area contributed by atoms with Crippen LogP contribution in [0.3, 0.4) is 0 Å². The highest BCUT2D eigenvalue weighted by Crippen LogP contribution is 2.33. The fourth-order valence-electron chi connectivity index (χ4n) is 3.42. The molecule has 3 amide bonds. The summed E-state index contributed by atoms with van der Waals surface area (Å²) in [5, 5.41) is 16.6. The number of amides is 3. The number of fused-ring (bicyclic) bond motifs is 1. The fraction of sp³-hybridized carbons (Fsp3) is 0.125. The lowest BCUT2D eigenvalue weighted by Crippen LogP contribution is -2.39. The van der Waals surface area contributed by atoms with Gasteiger partial charge in [0.25, 0.3) is 5.69 Å². The summed E-state index contributed by atoms with van der Waals surface area (Å²) in [5.74, 6) is -0.0406. The summed E-state index contributed by atoms with van der Waals surface area (Å²) in [4.78, 5) is 39.8. The van der Waals surface area contributed by atoms with Crippen LogP contribution in [0.5, 0.6) is 5.75 Å². The number of para-hydroxylation sites is 2. The van der Waals surface area contributed by atoms with E-state index in [4.69, 9.17) is 4.74 Å². The number of rotatable bonds is 8. The maximum Gasteiger partial charge on any atom is 0.321 e. The number of imidazole rings is 1. The van der Waals surface area contributed by atoms with Gasteiger partial charge in [0.1, 0.15) is 5.75 Å². The fourth-order valence-corrected chi connectivity index (χ4v) is 4.24. The van der Waals surface area contributed by atoms with Gasteiger partial charge in [-0.25, -0.2) is 9.78 Å². The van der Waals surface area contributed by atoms with Crippen LogP contribution in [0.25, 0.3) is 16.7 Å². The molecule has 1 heterocycles. The molecule has 0 bridgehead atoms. The second-order valence-electron chi connectivity index (χ2n) is 7.34. The van der Waals surface area contributed by atoms with Crippen LogP contribution in [0.15, 0.2) is 78.0 Å². The van der Waals surface area contributed by atoms with Crippen LogP contribution in [0.2, 0.25) is 0 Å². The van der Waals surface area contributed by atoms with Gasteiger partial charge in [0, 0.05) is 18.7 Å². The van der Waals surface area contributed by atoms with Gasteiger partial charge in [0.2, 0.25) is 5.91 Å². The second-order valence-corrected chi connectivity index (χ2v) is 8.28. The Bertz CT molecular complexity index is 1390. The molecule has 0 radical (unpaired) electrons. The van der Waals surface area contributed by atoms with E-state index in [0.29, 0.717) is 27.6 Å². The number of urea groups is 1. The second kappa shape index (κ2) is 10.7. The van der Waals surface area contributed by atoms with Crippen LogP contribution < -0.4 is 15.4 Å². The minimum absolute atomic E-state index is 0.0912. The number of imide groups is 1. The Morgan fingerprint density at radius 1 is 1.09 bits per heavy atom. The minimum atomic E-state index is -0.603. The van der Waals surface area contributed by atoms with E-state index in [1.165, 1.54) is 19.2 Å². The molecule has 1 aromatic heterocycles. The average molecular weight is 492 g/mol. The Morgan fingerprint density at radius 3 is 2.57 bits per heavy atom. The third kappa shape index (κ3) is 5.58. The first-order valence-electron chi connectivity index (χ1n) is 10.5. The molecule has 0 unspecified atom stereocenters. The SMILES string of the molecule is COc1ccccc1-n1c(SCC(=O)NC(=O)NCc2ccccc2)nc2cc([N+](=O)[O-])ccc21. The van der Waals surface area contributed by atoms with E-state index in [1.54, 1.807) is 16.7 Å². The minimum Gasteiger partial charge on any atom is -0.495 e. The van der Waals surface area contributed by atoms with Crippen LogP contribution in [-0.4, -0.2) is 39.3 Å². The standard InChI is InChI=1S/C24H21N5O5S/c1-34-21-10-6-5-9-20(21)28-19-12-11-17(29(32)33)13-18(19)26-24(28)35-15-22(30)27-23(31)25-14-16-7-3-2-4-8-16/h2-13H,14-15H2,1H3,(H2,25,27,30,31). The van der Waals surface area contributed by atoms with Gasteiger partial charge < -0.3 is 10.1 Å². The Balaban J connectivity index is 1.53. The van der Waals surface area contributed by atoms with Crippen LogP contribution in [-0.2, 0) is 11.3 Å². The summed E-state index contributed by atoms with van der Waals surface area (Å²) in [6.07, 6.45) is 0. The van der Waals surface area contributed by atoms with Crippen molar-refractivity contribution in [3.05, 3.63) is 88.5 Å². The first kappa shape index (κ1) is 23.8. The number of hydrogen-bond donors (Lipinski definition) is 2. The molecular weight excluding hydrogens is 470 g/mol. The number of non-ortho nitro benzene ring substituents is 1. The lowest BCUT2D eigenvalue weighted by molar-refractivity contribution is -0.384. The first-order chi connectivity index (χ1) is 17.0. The van der Waals surface area contributed by atoms with Crippen molar-refractivity contribution in [3.8, 4) is 11.4 Å². The summed E-state index contributed by atoms with van der Waals surface area (Å²) in [7, 11) is 1.54. The van der Waals surface area contributed by atoms with Crippen molar-refractivity contribution in [1.82, 2.24) is 20.2 Å². The van der Waals surface area contributed by atoms with E-state index < -0.39 is 16.9 Å². The third-order valence-electron chi connectivity index (χ3n) is 5.03. The van der Waals surface area contributed by atoms with E-state index in [1.807, 2.05) is 48.5 Å². The Hall–Kier alpha value is -4.38. The number of aromatic nitrogens is 2. The molecule has 11 heteroatoms. The van der Waals surface area contributed by atoms with E-state index in [2.05, 4.69) is 15.6 Å². The van der Waals surface area contributed by atoms with Crippen molar-refractivity contribution in [2.75, 3.05) is 12.9 Å². The van der Waals surface area contributed by atoms with Crippen molar-refractivity contribution in [2.45, 2.75) is 11.7 Å². The first-order valence-corrected chi connectivity index (χ1v) is 11.5. The summed E-state index contributed by atoms with van der Waals surface area (Å²) in [5.41, 5.74) is 2.49. The average Bonchev–Trinajstić information content (AvgIpc) is 3.24. The zero-order chi connectivity index (χ0) is 24.8.